The zero-order valence-corrected chi connectivity index (χ0v) is 14.7. The maximum atomic E-state index is 5.70. The summed E-state index contributed by atoms with van der Waals surface area (Å²) in [6.45, 7) is 3.13. The van der Waals surface area contributed by atoms with Gasteiger partial charge in [0.05, 0.1) is 11.4 Å². The summed E-state index contributed by atoms with van der Waals surface area (Å²) in [6, 6.07) is 20.2. The molecule has 0 fully saturated rings. The summed E-state index contributed by atoms with van der Waals surface area (Å²) in [7, 11) is 0. The number of benzene rings is 2. The lowest BCUT2D eigenvalue weighted by Crippen LogP contribution is -2.12. The van der Waals surface area contributed by atoms with Gasteiger partial charge in [0.1, 0.15) is 0 Å². The molecular weight excluding hydrogens is 322 g/mol. The van der Waals surface area contributed by atoms with Gasteiger partial charge in [0.15, 0.2) is 4.77 Å². The van der Waals surface area contributed by atoms with Crippen molar-refractivity contribution in [3.05, 3.63) is 70.2 Å². The van der Waals surface area contributed by atoms with Gasteiger partial charge < -0.3 is 0 Å². The van der Waals surface area contributed by atoms with Crippen molar-refractivity contribution in [2.45, 2.75) is 26.3 Å². The van der Waals surface area contributed by atoms with Gasteiger partial charge in [0.25, 0.3) is 0 Å². The van der Waals surface area contributed by atoms with E-state index < -0.39 is 0 Å². The number of hydrogen-bond donors (Lipinski definition) is 0. The molecule has 1 aromatic heterocycles. The smallest absolute Gasteiger partial charge is 0.213 e. The largest absolute Gasteiger partial charge is 0.271 e. The number of aryl methyl sites for hydroxylation is 1. The molecule has 0 radical (unpaired) electrons. The quantitative estimate of drug-likeness (QED) is 0.592. The molecule has 0 amide bonds. The zero-order valence-electron chi connectivity index (χ0n) is 13.1. The molecular formula is C18H19N3S2. The van der Waals surface area contributed by atoms with Gasteiger partial charge in [-0.3, -0.25) is 8.52 Å². The fourth-order valence-electron chi connectivity index (χ4n) is 2.30. The Morgan fingerprint density at radius 3 is 2.30 bits per heavy atom. The minimum absolute atomic E-state index is 0.810. The van der Waals surface area contributed by atoms with Crippen molar-refractivity contribution in [1.29, 1.82) is 0 Å². The highest BCUT2D eigenvalue weighted by atomic mass is 32.1. The van der Waals surface area contributed by atoms with Gasteiger partial charge in [-0.1, -0.05) is 49.7 Å². The van der Waals surface area contributed by atoms with Crippen molar-refractivity contribution in [3.8, 4) is 5.69 Å². The summed E-state index contributed by atoms with van der Waals surface area (Å²) < 4.78 is 5.03. The molecule has 23 heavy (non-hydrogen) atoms. The number of hydrogen-bond acceptors (Lipinski definition) is 3. The molecule has 1 heterocycles. The fraction of sp³-hybridized carbons (Fsp3) is 0.222. The molecule has 0 aliphatic carbocycles. The van der Waals surface area contributed by atoms with Crippen LogP contribution in [-0.4, -0.2) is 8.52 Å². The first-order chi connectivity index (χ1) is 11.3. The fourth-order valence-corrected chi connectivity index (χ4v) is 3.75. The third-order valence-electron chi connectivity index (χ3n) is 3.50. The van der Waals surface area contributed by atoms with E-state index in [2.05, 4.69) is 27.6 Å². The Balaban J connectivity index is 2.18. The highest BCUT2D eigenvalue weighted by Crippen LogP contribution is 2.13. The van der Waals surface area contributed by atoms with Gasteiger partial charge in [-0.05, 0) is 54.4 Å². The normalized spacial score (nSPS) is 11.8. The molecule has 3 rings (SSSR count). The zero-order chi connectivity index (χ0) is 16.1. The van der Waals surface area contributed by atoms with Gasteiger partial charge in [-0.25, -0.2) is 4.99 Å². The molecule has 2 aromatic carbocycles. The minimum Gasteiger partial charge on any atom is -0.271 e. The van der Waals surface area contributed by atoms with Crippen molar-refractivity contribution in [3.63, 3.8) is 0 Å². The van der Waals surface area contributed by atoms with Crippen LogP contribution in [0.4, 0.5) is 5.69 Å². The maximum Gasteiger partial charge on any atom is 0.213 e. The molecule has 3 nitrogen and oxygen atoms in total. The molecule has 3 aromatic rings. The molecule has 0 spiro atoms. The third-order valence-corrected chi connectivity index (χ3v) is 5.03. The van der Waals surface area contributed by atoms with Gasteiger partial charge in [0.2, 0.25) is 4.80 Å². The molecule has 118 valence electrons. The summed E-state index contributed by atoms with van der Waals surface area (Å²) >= 11 is 7.33. The van der Waals surface area contributed by atoms with E-state index in [9.17, 15) is 0 Å². The average Bonchev–Trinajstić information content (AvgIpc) is 2.90. The van der Waals surface area contributed by atoms with Crippen molar-refractivity contribution in [1.82, 2.24) is 8.52 Å². The molecule has 0 atom stereocenters. The highest BCUT2D eigenvalue weighted by Gasteiger charge is 2.07. The number of para-hydroxylation sites is 2. The van der Waals surface area contributed by atoms with Crippen LogP contribution in [0, 0.1) is 4.77 Å². The Kier molecular flexibility index (Phi) is 5.20. The van der Waals surface area contributed by atoms with Gasteiger partial charge in [-0.2, -0.15) is 0 Å². The van der Waals surface area contributed by atoms with Crippen molar-refractivity contribution < 1.29 is 0 Å². The average molecular weight is 342 g/mol. The number of rotatable bonds is 5. The molecule has 0 saturated carbocycles. The second kappa shape index (κ2) is 7.53. The number of unbranched alkanes of at least 4 members (excludes halogenated alkanes) is 1. The lowest BCUT2D eigenvalue weighted by atomic mass is 10.3. The van der Waals surface area contributed by atoms with E-state index in [1.54, 1.807) is 11.5 Å². The van der Waals surface area contributed by atoms with E-state index in [-0.39, 0.29) is 0 Å². The summed E-state index contributed by atoms with van der Waals surface area (Å²) in [5.41, 5.74) is 2.00. The van der Waals surface area contributed by atoms with Gasteiger partial charge in [0, 0.05) is 6.54 Å². The van der Waals surface area contributed by atoms with Crippen LogP contribution in [0.3, 0.4) is 0 Å². The Hall–Kier alpha value is -1.98. The second-order valence-electron chi connectivity index (χ2n) is 5.23. The predicted molar refractivity (Wildman–Crippen MR) is 99.0 cm³/mol. The first-order valence-electron chi connectivity index (χ1n) is 7.78. The molecule has 0 unspecified atom stereocenters. The summed E-state index contributed by atoms with van der Waals surface area (Å²) in [5.74, 6) is 0. The van der Waals surface area contributed by atoms with Gasteiger partial charge >= 0.3 is 0 Å². The molecule has 0 N–H and O–H groups in total. The van der Waals surface area contributed by atoms with E-state index in [4.69, 9.17) is 17.2 Å². The standard InChI is InChI=1S/C18H19N3S2/c1-2-3-14-20-18(22)21(16-12-8-5-9-13-16)17(23-20)19-15-10-6-4-7-11-15/h4-13H,2-3,14H2,1H3. The monoisotopic (exact) mass is 341 g/mol. The van der Waals surface area contributed by atoms with E-state index >= 15 is 0 Å². The topological polar surface area (TPSA) is 22.2 Å². The number of nitrogens with zero attached hydrogens (tertiary/aromatic N) is 3. The maximum absolute atomic E-state index is 5.70. The number of aromatic nitrogens is 2. The summed E-state index contributed by atoms with van der Waals surface area (Å²) in [6.07, 6.45) is 2.27. The van der Waals surface area contributed by atoms with Crippen molar-refractivity contribution in [2.24, 2.45) is 4.99 Å². The van der Waals surface area contributed by atoms with Crippen LogP contribution in [0.1, 0.15) is 19.8 Å². The molecule has 0 aliphatic rings. The Morgan fingerprint density at radius 1 is 1.00 bits per heavy atom. The molecule has 5 heteroatoms. The summed E-state index contributed by atoms with van der Waals surface area (Å²) in [4.78, 5) is 5.71. The van der Waals surface area contributed by atoms with Crippen molar-refractivity contribution in [2.75, 3.05) is 0 Å². The van der Waals surface area contributed by atoms with Crippen LogP contribution >= 0.6 is 23.8 Å². The Morgan fingerprint density at radius 2 is 1.65 bits per heavy atom. The van der Waals surface area contributed by atoms with Crippen LogP contribution in [0.5, 0.6) is 0 Å². The minimum atomic E-state index is 0.810. The van der Waals surface area contributed by atoms with Gasteiger partial charge in [-0.15, -0.1) is 0 Å². The van der Waals surface area contributed by atoms with Crippen LogP contribution < -0.4 is 4.80 Å². The van der Waals surface area contributed by atoms with Crippen LogP contribution in [0.25, 0.3) is 5.69 Å². The van der Waals surface area contributed by atoms with E-state index in [0.29, 0.717) is 0 Å². The van der Waals surface area contributed by atoms with E-state index in [1.807, 2.05) is 48.5 Å². The predicted octanol–water partition coefficient (Wildman–Crippen LogP) is 5.10. The van der Waals surface area contributed by atoms with E-state index in [0.717, 1.165) is 40.3 Å². The SMILES string of the molecule is CCCCn1sc(=Nc2ccccc2)n(-c2ccccc2)c1=S. The third kappa shape index (κ3) is 3.68. The van der Waals surface area contributed by atoms with E-state index in [1.165, 1.54) is 0 Å². The van der Waals surface area contributed by atoms with Crippen LogP contribution in [0.15, 0.2) is 65.7 Å². The highest BCUT2D eigenvalue weighted by molar-refractivity contribution is 7.71. The van der Waals surface area contributed by atoms with Crippen LogP contribution in [0.2, 0.25) is 0 Å². The lowest BCUT2D eigenvalue weighted by molar-refractivity contribution is 0.652. The first-order valence-corrected chi connectivity index (χ1v) is 8.96. The Bertz CT molecular complexity index is 874. The van der Waals surface area contributed by atoms with Crippen molar-refractivity contribution >= 4 is 29.4 Å². The molecule has 0 saturated heterocycles. The Labute approximate surface area is 145 Å². The lowest BCUT2D eigenvalue weighted by Gasteiger charge is -2.02. The first kappa shape index (κ1) is 15.9. The summed E-state index contributed by atoms with van der Waals surface area (Å²) in [5, 5.41) is 0. The molecule has 0 bridgehead atoms. The van der Waals surface area contributed by atoms with Crippen LogP contribution in [-0.2, 0) is 6.54 Å². The molecule has 0 aliphatic heterocycles. The second-order valence-corrected chi connectivity index (χ2v) is 6.58.